The van der Waals surface area contributed by atoms with E-state index >= 15 is 0 Å². The van der Waals surface area contributed by atoms with Crippen LogP contribution in [0.4, 0.5) is 0 Å². The minimum absolute atomic E-state index is 0.276. The molecule has 1 rings (SSSR count). The molecule has 1 saturated heterocycles. The number of hydrogen-bond donors (Lipinski definition) is 4. The topological polar surface area (TPSA) is 156 Å². The Kier molecular flexibility index (Phi) is 4.01. The average molecular weight is 238 g/mol. The van der Waals surface area contributed by atoms with Crippen molar-refractivity contribution in [2.45, 2.75) is 18.3 Å². The summed E-state index contributed by atoms with van der Waals surface area (Å²) in [6, 6.07) is 3.08. The Morgan fingerprint density at radius 1 is 1.35 bits per heavy atom. The second-order valence-corrected chi connectivity index (χ2v) is 3.25. The standard InChI is InChI=1S/C9H10N4O4/c10-1-4(12)5(2-11)13-9-8(16)7(15)6(14)3-17-9/h6-8,14-16H,3,12H2/b5-4+,13-9?. The van der Waals surface area contributed by atoms with Gasteiger partial charge in [-0.15, -0.1) is 0 Å². The molecule has 90 valence electrons. The van der Waals surface area contributed by atoms with Crippen LogP contribution in [0.15, 0.2) is 16.4 Å². The largest absolute Gasteiger partial charge is 0.476 e. The molecule has 1 aliphatic rings. The maximum atomic E-state index is 9.49. The number of nitrogens with two attached hydrogens (primary N) is 1. The van der Waals surface area contributed by atoms with Crippen molar-refractivity contribution < 1.29 is 20.1 Å². The van der Waals surface area contributed by atoms with Crippen molar-refractivity contribution in [3.63, 3.8) is 0 Å². The highest BCUT2D eigenvalue weighted by Gasteiger charge is 2.35. The molecule has 0 aromatic rings. The summed E-state index contributed by atoms with van der Waals surface area (Å²) in [6.45, 7) is -0.276. The Hall–Kier alpha value is -2.13. The Morgan fingerprint density at radius 3 is 2.53 bits per heavy atom. The lowest BCUT2D eigenvalue weighted by atomic mass is 10.1. The second-order valence-electron chi connectivity index (χ2n) is 3.25. The van der Waals surface area contributed by atoms with Gasteiger partial charge in [0.25, 0.3) is 0 Å². The first kappa shape index (κ1) is 12.9. The minimum Gasteiger partial charge on any atom is -0.476 e. The lowest BCUT2D eigenvalue weighted by Crippen LogP contribution is -2.50. The molecule has 0 aliphatic carbocycles. The van der Waals surface area contributed by atoms with E-state index in [4.69, 9.17) is 26.1 Å². The number of aliphatic imine (C=N–C) groups is 1. The molecule has 3 unspecified atom stereocenters. The smallest absolute Gasteiger partial charge is 0.222 e. The van der Waals surface area contributed by atoms with Crippen molar-refractivity contribution >= 4 is 5.90 Å². The van der Waals surface area contributed by atoms with Crippen molar-refractivity contribution in [1.82, 2.24) is 0 Å². The van der Waals surface area contributed by atoms with Crippen LogP contribution in [0.25, 0.3) is 0 Å². The van der Waals surface area contributed by atoms with Gasteiger partial charge in [0.2, 0.25) is 5.90 Å². The first-order chi connectivity index (χ1) is 8.01. The predicted octanol–water partition coefficient (Wildman–Crippen LogP) is -2.28. The molecule has 0 saturated carbocycles. The molecule has 0 spiro atoms. The molecule has 0 radical (unpaired) electrons. The van der Waals surface area contributed by atoms with Crippen molar-refractivity contribution in [2.75, 3.05) is 6.61 Å². The zero-order valence-electron chi connectivity index (χ0n) is 8.61. The number of nitriles is 2. The molecular formula is C9H10N4O4. The number of aliphatic hydroxyl groups is 3. The van der Waals surface area contributed by atoms with Gasteiger partial charge in [-0.25, -0.2) is 4.99 Å². The van der Waals surface area contributed by atoms with Crippen LogP contribution in [0.5, 0.6) is 0 Å². The summed E-state index contributed by atoms with van der Waals surface area (Å²) < 4.78 is 4.84. The van der Waals surface area contributed by atoms with Crippen LogP contribution >= 0.6 is 0 Å². The van der Waals surface area contributed by atoms with E-state index in [9.17, 15) is 10.2 Å². The highest BCUT2D eigenvalue weighted by Crippen LogP contribution is 2.13. The molecule has 0 aromatic heterocycles. The molecule has 5 N–H and O–H groups in total. The summed E-state index contributed by atoms with van der Waals surface area (Å²) in [7, 11) is 0. The van der Waals surface area contributed by atoms with Gasteiger partial charge in [0.15, 0.2) is 11.8 Å². The van der Waals surface area contributed by atoms with Gasteiger partial charge >= 0.3 is 0 Å². The zero-order valence-corrected chi connectivity index (χ0v) is 8.61. The van der Waals surface area contributed by atoms with Gasteiger partial charge in [-0.2, -0.15) is 10.5 Å². The van der Waals surface area contributed by atoms with Crippen molar-refractivity contribution in [3.05, 3.63) is 11.4 Å². The summed E-state index contributed by atoms with van der Waals surface area (Å²) in [5.74, 6) is -0.363. The number of allylic oxidation sites excluding steroid dienone is 2. The van der Waals surface area contributed by atoms with Gasteiger partial charge in [0.1, 0.15) is 36.7 Å². The molecule has 8 heteroatoms. The Bertz CT molecular complexity index is 445. The van der Waals surface area contributed by atoms with E-state index < -0.39 is 29.7 Å². The van der Waals surface area contributed by atoms with Crippen molar-refractivity contribution in [3.8, 4) is 12.1 Å². The quantitative estimate of drug-likeness (QED) is 0.374. The molecule has 17 heavy (non-hydrogen) atoms. The van der Waals surface area contributed by atoms with E-state index in [0.29, 0.717) is 0 Å². The maximum absolute atomic E-state index is 9.49. The number of rotatable bonds is 1. The summed E-state index contributed by atoms with van der Waals surface area (Å²) in [6.07, 6.45) is -4.29. The minimum atomic E-state index is -1.58. The van der Waals surface area contributed by atoms with Crippen LogP contribution in [0.3, 0.4) is 0 Å². The molecule has 1 aliphatic heterocycles. The van der Waals surface area contributed by atoms with Gasteiger partial charge in [0.05, 0.1) is 0 Å². The fraction of sp³-hybridized carbons (Fsp3) is 0.444. The molecular weight excluding hydrogens is 228 g/mol. The van der Waals surface area contributed by atoms with E-state index in [1.54, 1.807) is 6.07 Å². The predicted molar refractivity (Wildman–Crippen MR) is 53.8 cm³/mol. The molecule has 1 heterocycles. The lowest BCUT2D eigenvalue weighted by molar-refractivity contribution is -0.0836. The first-order valence-electron chi connectivity index (χ1n) is 4.56. The summed E-state index contributed by atoms with van der Waals surface area (Å²) in [4.78, 5) is 3.54. The molecule has 0 bridgehead atoms. The van der Waals surface area contributed by atoms with E-state index in [0.717, 1.165) is 0 Å². The number of aliphatic hydroxyl groups excluding tert-OH is 3. The normalized spacial score (nSPS) is 32.1. The van der Waals surface area contributed by atoms with Crippen LogP contribution in [-0.2, 0) is 4.74 Å². The summed E-state index contributed by atoms with van der Waals surface area (Å²) in [5.41, 5.74) is 4.33. The Labute approximate surface area is 96.5 Å². The Morgan fingerprint density at radius 2 is 2.00 bits per heavy atom. The fourth-order valence-electron chi connectivity index (χ4n) is 1.12. The van der Waals surface area contributed by atoms with E-state index in [1.807, 2.05) is 0 Å². The molecule has 0 amide bonds. The van der Waals surface area contributed by atoms with Crippen LogP contribution in [0.1, 0.15) is 0 Å². The van der Waals surface area contributed by atoms with Crippen LogP contribution < -0.4 is 5.73 Å². The number of hydrogen-bond acceptors (Lipinski definition) is 8. The van der Waals surface area contributed by atoms with Gasteiger partial charge in [-0.1, -0.05) is 0 Å². The molecule has 1 fully saturated rings. The second kappa shape index (κ2) is 5.27. The molecule has 3 atom stereocenters. The first-order valence-corrected chi connectivity index (χ1v) is 4.56. The third-order valence-electron chi connectivity index (χ3n) is 2.08. The maximum Gasteiger partial charge on any atom is 0.222 e. The summed E-state index contributed by atoms with van der Waals surface area (Å²) >= 11 is 0. The SMILES string of the molecule is N#C/C(N)=C(/C#N)N=C1OCC(O)C(O)C1O. The third kappa shape index (κ3) is 2.71. The van der Waals surface area contributed by atoms with Gasteiger partial charge < -0.3 is 25.8 Å². The van der Waals surface area contributed by atoms with Gasteiger partial charge in [-0.05, 0) is 0 Å². The van der Waals surface area contributed by atoms with Crippen LogP contribution in [0.2, 0.25) is 0 Å². The van der Waals surface area contributed by atoms with Crippen molar-refractivity contribution in [2.24, 2.45) is 10.7 Å². The fourth-order valence-corrected chi connectivity index (χ4v) is 1.12. The number of nitrogens with zero attached hydrogens (tertiary/aromatic N) is 3. The van der Waals surface area contributed by atoms with E-state index in [1.165, 1.54) is 6.07 Å². The van der Waals surface area contributed by atoms with E-state index in [-0.39, 0.29) is 12.5 Å². The van der Waals surface area contributed by atoms with Crippen LogP contribution in [0, 0.1) is 22.7 Å². The highest BCUT2D eigenvalue weighted by atomic mass is 16.5. The number of ether oxygens (including phenoxy) is 1. The lowest BCUT2D eigenvalue weighted by Gasteiger charge is -2.29. The zero-order chi connectivity index (χ0) is 13.0. The van der Waals surface area contributed by atoms with Gasteiger partial charge in [-0.3, -0.25) is 0 Å². The summed E-state index contributed by atoms with van der Waals surface area (Å²) in [5, 5.41) is 45.1. The molecule has 0 aromatic carbocycles. The third-order valence-corrected chi connectivity index (χ3v) is 2.08. The van der Waals surface area contributed by atoms with E-state index in [2.05, 4.69) is 4.99 Å². The van der Waals surface area contributed by atoms with Gasteiger partial charge in [0, 0.05) is 0 Å². The average Bonchev–Trinajstić information content (AvgIpc) is 2.34. The molecule has 8 nitrogen and oxygen atoms in total. The van der Waals surface area contributed by atoms with Crippen molar-refractivity contribution in [1.29, 1.82) is 10.5 Å². The van der Waals surface area contributed by atoms with Crippen LogP contribution in [-0.4, -0.2) is 46.1 Å². The Balaban J connectivity index is 3.02. The monoisotopic (exact) mass is 238 g/mol. The highest BCUT2D eigenvalue weighted by molar-refractivity contribution is 5.83.